The van der Waals surface area contributed by atoms with Gasteiger partial charge in [-0.1, -0.05) is 157 Å². The maximum absolute atomic E-state index is 13.8. The van der Waals surface area contributed by atoms with Crippen LogP contribution in [0.5, 0.6) is 11.5 Å². The van der Waals surface area contributed by atoms with E-state index in [1.54, 1.807) is 38.4 Å². The van der Waals surface area contributed by atoms with Gasteiger partial charge in [0, 0.05) is 49.8 Å². The number of amides is 4. The molecule has 0 unspecified atom stereocenters. The first-order valence-electron chi connectivity index (χ1n) is 24.4. The van der Waals surface area contributed by atoms with Gasteiger partial charge in [-0.25, -0.2) is 0 Å². The molecule has 4 amide bonds. The highest BCUT2D eigenvalue weighted by molar-refractivity contribution is 6.31. The Bertz CT molecular complexity index is 2650. The van der Waals surface area contributed by atoms with Crippen LogP contribution < -0.4 is 20.1 Å². The van der Waals surface area contributed by atoms with Crippen LogP contribution in [0.15, 0.2) is 182 Å². The molecule has 0 spiro atoms. The Hall–Kier alpha value is -7.14. The normalized spacial score (nSPS) is 22.1. The van der Waals surface area contributed by atoms with E-state index in [1.807, 2.05) is 147 Å². The second kappa shape index (κ2) is 25.8. The third-order valence-electron chi connectivity index (χ3n) is 12.8. The standard InChI is InChI=1S/2C30H31ClN2O3/c2*1-21-11-6-8-17-26(23-14-10-15-24(31)20-23)32-29(34)27(19-22-12-4-3-5-13-22)33(2)30(35)25-16-7-9-18-28(25)36-21/h2*3-10,12-16,18,20-21,26-27H,11,17,19H2,1-2H3,(H,32,34)/b8-6+;8-6-/t2*21-,26+,27+/m11/s1. The lowest BCUT2D eigenvalue weighted by Gasteiger charge is -2.30. The molecule has 10 nitrogen and oxygen atoms in total. The van der Waals surface area contributed by atoms with Gasteiger partial charge in [-0.05, 0) is 97.5 Å². The van der Waals surface area contributed by atoms with Crippen molar-refractivity contribution in [2.24, 2.45) is 0 Å². The summed E-state index contributed by atoms with van der Waals surface area (Å²) in [6.07, 6.45) is 11.3. The van der Waals surface area contributed by atoms with E-state index in [2.05, 4.69) is 34.9 Å². The molecule has 0 saturated carbocycles. The van der Waals surface area contributed by atoms with E-state index < -0.39 is 12.1 Å². The molecule has 0 bridgehead atoms. The zero-order valence-corrected chi connectivity index (χ0v) is 42.6. The summed E-state index contributed by atoms with van der Waals surface area (Å²) in [5.74, 6) is 0.0568. The zero-order valence-electron chi connectivity index (χ0n) is 41.1. The fourth-order valence-electron chi connectivity index (χ4n) is 8.75. The first kappa shape index (κ1) is 52.7. The minimum atomic E-state index is -0.723. The molecule has 372 valence electrons. The molecule has 72 heavy (non-hydrogen) atoms. The molecule has 8 rings (SSSR count). The van der Waals surface area contributed by atoms with Gasteiger partial charge in [-0.2, -0.15) is 0 Å². The van der Waals surface area contributed by atoms with Crippen molar-refractivity contribution in [3.8, 4) is 11.5 Å². The lowest BCUT2D eigenvalue weighted by Crippen LogP contribution is -2.49. The molecular formula is C60H62Cl2N4O6. The molecule has 0 fully saturated rings. The number of hydrogen-bond donors (Lipinski definition) is 2. The largest absolute Gasteiger partial charge is 0.490 e. The summed E-state index contributed by atoms with van der Waals surface area (Å²) in [5, 5.41) is 7.61. The van der Waals surface area contributed by atoms with E-state index in [9.17, 15) is 19.2 Å². The van der Waals surface area contributed by atoms with Crippen LogP contribution in [0.4, 0.5) is 0 Å². The van der Waals surface area contributed by atoms with Crippen LogP contribution in [0, 0.1) is 0 Å². The predicted octanol–water partition coefficient (Wildman–Crippen LogP) is 12.0. The highest BCUT2D eigenvalue weighted by atomic mass is 35.5. The summed E-state index contributed by atoms with van der Waals surface area (Å²) in [4.78, 5) is 58.0. The molecule has 0 aliphatic carbocycles. The van der Waals surface area contributed by atoms with Gasteiger partial charge in [-0.3, -0.25) is 19.2 Å². The Balaban J connectivity index is 0.000000211. The van der Waals surface area contributed by atoms with Crippen molar-refractivity contribution in [1.29, 1.82) is 0 Å². The van der Waals surface area contributed by atoms with Crippen molar-refractivity contribution in [3.63, 3.8) is 0 Å². The monoisotopic (exact) mass is 1000 g/mol. The smallest absolute Gasteiger partial charge is 0.258 e. The van der Waals surface area contributed by atoms with Gasteiger partial charge in [0.2, 0.25) is 11.8 Å². The summed E-state index contributed by atoms with van der Waals surface area (Å²) < 4.78 is 12.3. The molecule has 2 aliphatic heterocycles. The van der Waals surface area contributed by atoms with Crippen LogP contribution in [0.2, 0.25) is 10.0 Å². The number of nitrogens with zero attached hydrogens (tertiary/aromatic N) is 2. The van der Waals surface area contributed by atoms with Crippen molar-refractivity contribution in [2.75, 3.05) is 14.1 Å². The van der Waals surface area contributed by atoms with Crippen molar-refractivity contribution in [3.05, 3.63) is 225 Å². The third kappa shape index (κ3) is 14.5. The van der Waals surface area contributed by atoms with Crippen LogP contribution in [0.1, 0.15) is 94.6 Å². The molecule has 0 aromatic heterocycles. The van der Waals surface area contributed by atoms with E-state index in [4.69, 9.17) is 32.7 Å². The van der Waals surface area contributed by atoms with Gasteiger partial charge < -0.3 is 29.9 Å². The third-order valence-corrected chi connectivity index (χ3v) is 13.2. The van der Waals surface area contributed by atoms with Gasteiger partial charge in [0.25, 0.3) is 11.8 Å². The van der Waals surface area contributed by atoms with Gasteiger partial charge in [-0.15, -0.1) is 0 Å². The number of likely N-dealkylation sites (N-methyl/N-ethyl adjacent to an activating group) is 2. The number of nitrogens with one attached hydrogen (secondary N) is 2. The quantitative estimate of drug-likeness (QED) is 0.161. The minimum absolute atomic E-state index is 0.122. The highest BCUT2D eigenvalue weighted by Crippen LogP contribution is 2.29. The Kier molecular flexibility index (Phi) is 18.9. The van der Waals surface area contributed by atoms with E-state index in [0.717, 1.165) is 22.3 Å². The first-order chi connectivity index (χ1) is 34.8. The Morgan fingerprint density at radius 1 is 0.472 bits per heavy atom. The minimum Gasteiger partial charge on any atom is -0.490 e. The second-order valence-electron chi connectivity index (χ2n) is 18.2. The van der Waals surface area contributed by atoms with Gasteiger partial charge in [0.1, 0.15) is 23.6 Å². The Labute approximate surface area is 433 Å². The van der Waals surface area contributed by atoms with Crippen molar-refractivity contribution >= 4 is 46.8 Å². The van der Waals surface area contributed by atoms with Crippen LogP contribution in [0.25, 0.3) is 0 Å². The SMILES string of the molecule is C[C@@H]1C/C=C/C[C@@H](c2cccc(Cl)c2)NC(=O)[C@H](Cc2ccccc2)N(C)C(=O)c2ccccc2O1.C[C@@H]1C/C=C\C[C@@H](c2cccc(Cl)c2)NC(=O)[C@H](Cc2ccccc2)N(C)C(=O)c2ccccc2O1. The molecule has 12 heteroatoms. The van der Waals surface area contributed by atoms with Crippen LogP contribution in [-0.2, 0) is 22.4 Å². The summed E-state index contributed by atoms with van der Waals surface area (Å²) in [6.45, 7) is 3.96. The number of para-hydroxylation sites is 2. The van der Waals surface area contributed by atoms with Gasteiger partial charge in [0.15, 0.2) is 0 Å². The summed E-state index contributed by atoms with van der Waals surface area (Å²) in [7, 11) is 3.35. The molecule has 6 aromatic carbocycles. The predicted molar refractivity (Wildman–Crippen MR) is 287 cm³/mol. The average Bonchev–Trinajstić information content (AvgIpc) is 3.38. The van der Waals surface area contributed by atoms with Crippen LogP contribution in [-0.4, -0.2) is 71.8 Å². The fraction of sp³-hybridized carbons (Fsp3) is 0.267. The number of carbonyl (C=O) groups excluding carboxylic acids is 4. The number of ether oxygens (including phenoxy) is 2. The van der Waals surface area contributed by atoms with Crippen molar-refractivity contribution in [1.82, 2.24) is 20.4 Å². The van der Waals surface area contributed by atoms with E-state index in [-0.39, 0.29) is 47.9 Å². The van der Waals surface area contributed by atoms with Gasteiger partial charge in [0.05, 0.1) is 35.4 Å². The molecule has 0 saturated heterocycles. The molecule has 2 aliphatic rings. The molecule has 6 atom stereocenters. The number of halogens is 2. The number of fused-ring (bicyclic) bond motifs is 2. The number of rotatable bonds is 6. The van der Waals surface area contributed by atoms with E-state index in [1.165, 1.54) is 9.80 Å². The lowest BCUT2D eigenvalue weighted by atomic mass is 9.99. The van der Waals surface area contributed by atoms with Gasteiger partial charge >= 0.3 is 0 Å². The second-order valence-corrected chi connectivity index (χ2v) is 19.1. The fourth-order valence-corrected chi connectivity index (χ4v) is 9.15. The Morgan fingerprint density at radius 3 is 1.22 bits per heavy atom. The summed E-state index contributed by atoms with van der Waals surface area (Å²) in [6, 6.07) is 46.9. The van der Waals surface area contributed by atoms with Crippen molar-refractivity contribution < 1.29 is 28.7 Å². The molecule has 6 aromatic rings. The maximum atomic E-state index is 13.8. The number of benzene rings is 6. The molecular weight excluding hydrogens is 944 g/mol. The highest BCUT2D eigenvalue weighted by Gasteiger charge is 2.33. The molecule has 2 N–H and O–H groups in total. The number of carbonyl (C=O) groups is 4. The van der Waals surface area contributed by atoms with E-state index in [0.29, 0.717) is 71.2 Å². The van der Waals surface area contributed by atoms with Crippen LogP contribution >= 0.6 is 23.2 Å². The average molecular weight is 1010 g/mol. The maximum Gasteiger partial charge on any atom is 0.258 e. The van der Waals surface area contributed by atoms with Crippen LogP contribution in [0.3, 0.4) is 0 Å². The number of hydrogen-bond acceptors (Lipinski definition) is 6. The lowest BCUT2D eigenvalue weighted by molar-refractivity contribution is -0.126. The van der Waals surface area contributed by atoms with Crippen molar-refractivity contribution in [2.45, 2.75) is 88.7 Å². The topological polar surface area (TPSA) is 117 Å². The first-order valence-corrected chi connectivity index (χ1v) is 25.1. The Morgan fingerprint density at radius 2 is 0.833 bits per heavy atom. The zero-order chi connectivity index (χ0) is 51.0. The molecule has 2 heterocycles. The summed E-state index contributed by atoms with van der Waals surface area (Å²) in [5.41, 5.74) is 4.63. The molecule has 0 radical (unpaired) electrons. The van der Waals surface area contributed by atoms with E-state index >= 15 is 0 Å². The summed E-state index contributed by atoms with van der Waals surface area (Å²) >= 11 is 12.5.